The number of carbonyl (C=O) groups is 1. The van der Waals surface area contributed by atoms with Gasteiger partial charge in [-0.15, -0.1) is 6.42 Å². The number of carbonyl (C=O) groups excluding carboxylic acids is 1. The number of methoxy groups -OCH3 is 2. The van der Waals surface area contributed by atoms with Crippen LogP contribution in [-0.4, -0.2) is 32.5 Å². The minimum absolute atomic E-state index is 0.0357. The number of terminal acetylenes is 1. The van der Waals surface area contributed by atoms with Crippen LogP contribution in [0.3, 0.4) is 0 Å². The molecule has 3 aromatic rings. The third-order valence-electron chi connectivity index (χ3n) is 5.41. The zero-order valence-corrected chi connectivity index (χ0v) is 22.2. The summed E-state index contributed by atoms with van der Waals surface area (Å²) in [5.41, 5.74) is 6.45. The Bertz CT molecular complexity index is 1390. The van der Waals surface area contributed by atoms with Gasteiger partial charge in [0.25, 0.3) is 0 Å². The van der Waals surface area contributed by atoms with Crippen molar-refractivity contribution in [3.63, 3.8) is 0 Å². The number of nitrogens with one attached hydrogen (secondary N) is 1. The van der Waals surface area contributed by atoms with Gasteiger partial charge in [-0.1, -0.05) is 54.1 Å². The molecule has 0 fully saturated rings. The largest absolute Gasteiger partial charge is 0.503 e. The Morgan fingerprint density at radius 1 is 1.05 bits per heavy atom. The van der Waals surface area contributed by atoms with Gasteiger partial charge in [0.2, 0.25) is 0 Å². The smallest absolute Gasteiger partial charge is 0.341 e. The Kier molecular flexibility index (Phi) is 11.3. The first kappa shape index (κ1) is 29.5. The van der Waals surface area contributed by atoms with E-state index in [1.54, 1.807) is 48.5 Å². The SMILES string of the molecule is C#CCON=C(C(=C)NOCc1ccccc1C(=COC)C(=O)OC)c1ccc(OCc2ccc(F)cc2)cc1. The second-order valence-electron chi connectivity index (χ2n) is 8.14. The highest BCUT2D eigenvalue weighted by Gasteiger charge is 2.17. The molecule has 40 heavy (non-hydrogen) atoms. The highest BCUT2D eigenvalue weighted by Crippen LogP contribution is 2.22. The molecular formula is C31H29FN2O6. The van der Waals surface area contributed by atoms with Crippen LogP contribution in [0.2, 0.25) is 0 Å². The van der Waals surface area contributed by atoms with Gasteiger partial charge < -0.3 is 19.0 Å². The molecule has 0 aliphatic rings. The van der Waals surface area contributed by atoms with Crippen LogP contribution in [0, 0.1) is 18.2 Å². The number of allylic oxidation sites excluding steroid dienone is 1. The van der Waals surface area contributed by atoms with Gasteiger partial charge in [-0.3, -0.25) is 10.3 Å². The highest BCUT2D eigenvalue weighted by molar-refractivity contribution is 6.16. The Labute approximate surface area is 232 Å². The number of rotatable bonds is 14. The Hall–Kier alpha value is -5.07. The molecule has 0 aromatic heterocycles. The summed E-state index contributed by atoms with van der Waals surface area (Å²) in [4.78, 5) is 23.2. The Morgan fingerprint density at radius 2 is 1.77 bits per heavy atom. The van der Waals surface area contributed by atoms with Crippen LogP contribution in [0.15, 0.2) is 96.5 Å². The number of hydroxylamine groups is 1. The number of hydrogen-bond donors (Lipinski definition) is 1. The fraction of sp³-hybridized carbons (Fsp3) is 0.161. The predicted molar refractivity (Wildman–Crippen MR) is 149 cm³/mol. The van der Waals surface area contributed by atoms with Crippen LogP contribution in [0.25, 0.3) is 5.57 Å². The molecule has 0 radical (unpaired) electrons. The van der Waals surface area contributed by atoms with E-state index >= 15 is 0 Å². The van der Waals surface area contributed by atoms with E-state index in [0.29, 0.717) is 33.8 Å². The number of esters is 1. The van der Waals surface area contributed by atoms with E-state index in [1.165, 1.54) is 32.6 Å². The van der Waals surface area contributed by atoms with Crippen LogP contribution in [0.1, 0.15) is 22.3 Å². The number of ether oxygens (including phenoxy) is 3. The van der Waals surface area contributed by atoms with E-state index in [1.807, 2.05) is 12.1 Å². The van der Waals surface area contributed by atoms with Gasteiger partial charge in [-0.2, -0.15) is 0 Å². The number of benzene rings is 3. The molecule has 1 N–H and O–H groups in total. The second kappa shape index (κ2) is 15.4. The van der Waals surface area contributed by atoms with Crippen molar-refractivity contribution < 1.29 is 33.1 Å². The van der Waals surface area contributed by atoms with Gasteiger partial charge in [0.15, 0.2) is 6.61 Å². The van der Waals surface area contributed by atoms with Gasteiger partial charge in [0.1, 0.15) is 36.1 Å². The summed E-state index contributed by atoms with van der Waals surface area (Å²) >= 11 is 0. The molecule has 0 saturated heterocycles. The minimum Gasteiger partial charge on any atom is -0.503 e. The van der Waals surface area contributed by atoms with Crippen molar-refractivity contribution in [1.82, 2.24) is 5.48 Å². The van der Waals surface area contributed by atoms with E-state index in [9.17, 15) is 9.18 Å². The van der Waals surface area contributed by atoms with Gasteiger partial charge in [0, 0.05) is 5.56 Å². The van der Waals surface area contributed by atoms with Crippen molar-refractivity contribution in [2.45, 2.75) is 13.2 Å². The first-order valence-electron chi connectivity index (χ1n) is 12.0. The van der Waals surface area contributed by atoms with Gasteiger partial charge in [0.05, 0.1) is 26.2 Å². The lowest BCUT2D eigenvalue weighted by Crippen LogP contribution is -2.21. The van der Waals surface area contributed by atoms with Crippen molar-refractivity contribution >= 4 is 17.3 Å². The minimum atomic E-state index is -0.545. The molecule has 8 nitrogen and oxygen atoms in total. The zero-order chi connectivity index (χ0) is 28.7. The Morgan fingerprint density at radius 3 is 2.45 bits per heavy atom. The van der Waals surface area contributed by atoms with Crippen molar-refractivity contribution in [1.29, 1.82) is 0 Å². The maximum absolute atomic E-state index is 13.1. The summed E-state index contributed by atoms with van der Waals surface area (Å²) in [5, 5.41) is 4.11. The summed E-state index contributed by atoms with van der Waals surface area (Å²) in [7, 11) is 2.74. The van der Waals surface area contributed by atoms with Crippen LogP contribution >= 0.6 is 0 Å². The predicted octanol–water partition coefficient (Wildman–Crippen LogP) is 5.15. The molecule has 0 bridgehead atoms. The first-order valence-corrected chi connectivity index (χ1v) is 12.0. The number of oxime groups is 1. The fourth-order valence-corrected chi connectivity index (χ4v) is 3.48. The van der Waals surface area contributed by atoms with Crippen LogP contribution in [0.4, 0.5) is 4.39 Å². The molecule has 0 unspecified atom stereocenters. The molecule has 0 aliphatic carbocycles. The summed E-state index contributed by atoms with van der Waals surface area (Å²) < 4.78 is 28.8. The van der Waals surface area contributed by atoms with Crippen molar-refractivity contribution in [2.75, 3.05) is 20.8 Å². The first-order chi connectivity index (χ1) is 19.5. The van der Waals surface area contributed by atoms with Crippen LogP contribution in [-0.2, 0) is 37.2 Å². The molecule has 0 spiro atoms. The van der Waals surface area contributed by atoms with Crippen LogP contribution in [0.5, 0.6) is 5.75 Å². The summed E-state index contributed by atoms with van der Waals surface area (Å²) in [6.07, 6.45) is 6.60. The molecule has 3 aromatic carbocycles. The van der Waals surface area contributed by atoms with E-state index in [-0.39, 0.29) is 31.2 Å². The fourth-order valence-electron chi connectivity index (χ4n) is 3.48. The molecular weight excluding hydrogens is 515 g/mol. The summed E-state index contributed by atoms with van der Waals surface area (Å²) in [6, 6.07) is 20.3. The van der Waals surface area contributed by atoms with E-state index in [0.717, 1.165) is 5.56 Å². The quantitative estimate of drug-likeness (QED) is 0.0571. The molecule has 3 rings (SSSR count). The third-order valence-corrected chi connectivity index (χ3v) is 5.41. The lowest BCUT2D eigenvalue weighted by Gasteiger charge is -2.15. The van der Waals surface area contributed by atoms with Gasteiger partial charge in [-0.25, -0.2) is 9.18 Å². The van der Waals surface area contributed by atoms with Gasteiger partial charge in [-0.05, 0) is 53.1 Å². The number of hydrogen-bond acceptors (Lipinski definition) is 8. The van der Waals surface area contributed by atoms with E-state index in [2.05, 4.69) is 23.1 Å². The molecule has 0 heterocycles. The normalized spacial score (nSPS) is 11.2. The van der Waals surface area contributed by atoms with Gasteiger partial charge >= 0.3 is 5.97 Å². The standard InChI is InChI=1S/C31H29FN2O6/c1-5-18-39-34-30(24-12-16-27(17-13-24)38-19-23-10-14-26(32)15-11-23)22(2)33-40-20-25-8-6-7-9-28(25)29(21-36-3)31(35)37-4/h1,6-17,21,33H,2,18-20H2,3-4H3. The molecule has 0 amide bonds. The summed E-state index contributed by atoms with van der Waals surface area (Å²) in [6.45, 7) is 4.33. The average Bonchev–Trinajstić information content (AvgIpc) is 2.98. The van der Waals surface area contributed by atoms with Crippen molar-refractivity contribution in [2.24, 2.45) is 5.16 Å². The number of halogens is 1. The number of nitrogens with zero attached hydrogens (tertiary/aromatic N) is 1. The maximum Gasteiger partial charge on any atom is 0.341 e. The lowest BCUT2D eigenvalue weighted by molar-refractivity contribution is -0.133. The van der Waals surface area contributed by atoms with Crippen molar-refractivity contribution in [3.05, 3.63) is 119 Å². The average molecular weight is 545 g/mol. The van der Waals surface area contributed by atoms with Crippen LogP contribution < -0.4 is 10.2 Å². The Balaban J connectivity index is 1.69. The third kappa shape index (κ3) is 8.48. The van der Waals surface area contributed by atoms with Crippen molar-refractivity contribution in [3.8, 4) is 18.1 Å². The van der Waals surface area contributed by atoms with E-state index in [4.69, 9.17) is 30.3 Å². The van der Waals surface area contributed by atoms with E-state index < -0.39 is 5.97 Å². The summed E-state index contributed by atoms with van der Waals surface area (Å²) in [5.74, 6) is 2.11. The highest BCUT2D eigenvalue weighted by atomic mass is 19.1. The second-order valence-corrected chi connectivity index (χ2v) is 8.14. The molecule has 0 atom stereocenters. The monoisotopic (exact) mass is 544 g/mol. The molecule has 9 heteroatoms. The maximum atomic E-state index is 13.1. The molecule has 206 valence electrons. The topological polar surface area (TPSA) is 87.6 Å². The lowest BCUT2D eigenvalue weighted by atomic mass is 10.0. The zero-order valence-electron chi connectivity index (χ0n) is 22.2. The molecule has 0 saturated carbocycles. The molecule has 0 aliphatic heterocycles.